The van der Waals surface area contributed by atoms with Gasteiger partial charge in [-0.05, 0) is 63.9 Å². The first kappa shape index (κ1) is 22.2. The van der Waals surface area contributed by atoms with E-state index in [1.807, 2.05) is 6.07 Å². The number of benzene rings is 1. The van der Waals surface area contributed by atoms with Gasteiger partial charge in [-0.3, -0.25) is 4.79 Å². The first-order valence-electron chi connectivity index (χ1n) is 10.1. The zero-order valence-corrected chi connectivity index (χ0v) is 18.1. The second kappa shape index (κ2) is 8.70. The standard InChI is InChI=1S/C22H27N3O4.ClH/c1-24(2)14-8-10-25(11-9-14)15-6-7-16-13(12-15)4-3-5-17-19(16)23-21(27)18(20(17)26)22(28)29;/h6-7,12,14H,3-5,8-11H2,1-2H3,(H,28,29)(H2,23,26,27);1H. The van der Waals surface area contributed by atoms with Gasteiger partial charge in [-0.25, -0.2) is 4.79 Å². The van der Waals surface area contributed by atoms with Crippen LogP contribution in [0.15, 0.2) is 23.0 Å². The molecule has 0 saturated carbocycles. The van der Waals surface area contributed by atoms with Gasteiger partial charge in [0.25, 0.3) is 5.56 Å². The first-order valence-corrected chi connectivity index (χ1v) is 10.1. The van der Waals surface area contributed by atoms with Crippen molar-refractivity contribution in [2.45, 2.75) is 38.1 Å². The number of nitrogens with zero attached hydrogens (tertiary/aromatic N) is 2. The van der Waals surface area contributed by atoms with Crippen molar-refractivity contribution in [2.24, 2.45) is 0 Å². The minimum atomic E-state index is -1.41. The summed E-state index contributed by atoms with van der Waals surface area (Å²) in [4.78, 5) is 31.0. The number of pyridine rings is 1. The molecule has 0 bridgehead atoms. The van der Waals surface area contributed by atoms with Gasteiger partial charge in [0, 0.05) is 35.9 Å². The number of aromatic hydroxyl groups is 1. The van der Waals surface area contributed by atoms with Crippen LogP contribution in [0, 0.1) is 0 Å². The highest BCUT2D eigenvalue weighted by Gasteiger charge is 2.26. The van der Waals surface area contributed by atoms with Gasteiger partial charge < -0.3 is 25.0 Å². The number of rotatable bonds is 3. The fourth-order valence-corrected chi connectivity index (χ4v) is 4.62. The van der Waals surface area contributed by atoms with Gasteiger partial charge in [0.1, 0.15) is 5.75 Å². The van der Waals surface area contributed by atoms with Crippen molar-refractivity contribution in [3.05, 3.63) is 45.2 Å². The molecule has 2 heterocycles. The average molecular weight is 434 g/mol. The van der Waals surface area contributed by atoms with E-state index >= 15 is 0 Å². The topological polar surface area (TPSA) is 96.9 Å². The fourth-order valence-electron chi connectivity index (χ4n) is 4.62. The van der Waals surface area contributed by atoms with Crippen molar-refractivity contribution in [1.29, 1.82) is 0 Å². The van der Waals surface area contributed by atoms with Crippen LogP contribution >= 0.6 is 12.4 Å². The summed E-state index contributed by atoms with van der Waals surface area (Å²) in [6.07, 6.45) is 4.38. The summed E-state index contributed by atoms with van der Waals surface area (Å²) in [7, 11) is 4.26. The predicted octanol–water partition coefficient (Wildman–Crippen LogP) is 2.89. The molecule has 1 aromatic carbocycles. The van der Waals surface area contributed by atoms with Crippen LogP contribution in [0.2, 0.25) is 0 Å². The van der Waals surface area contributed by atoms with Crippen LogP contribution in [0.1, 0.15) is 40.7 Å². The zero-order chi connectivity index (χ0) is 20.7. The normalized spacial score (nSPS) is 16.4. The Kier molecular flexibility index (Phi) is 6.43. The Morgan fingerprint density at radius 2 is 1.90 bits per heavy atom. The predicted molar refractivity (Wildman–Crippen MR) is 119 cm³/mol. The van der Waals surface area contributed by atoms with Gasteiger partial charge in [-0.2, -0.15) is 0 Å². The molecule has 0 radical (unpaired) electrons. The number of carbonyl (C=O) groups is 1. The number of anilines is 1. The SMILES string of the molecule is CN(C)C1CCN(c2ccc3c(c2)CCCc2c-3[nH]c(=O)c(C(=O)O)c2O)CC1.Cl. The Morgan fingerprint density at radius 3 is 2.53 bits per heavy atom. The molecule has 0 unspecified atom stereocenters. The minimum Gasteiger partial charge on any atom is -0.506 e. The molecule has 3 N–H and O–H groups in total. The number of fused-ring (bicyclic) bond motifs is 3. The van der Waals surface area contributed by atoms with Gasteiger partial charge in [0.15, 0.2) is 5.56 Å². The highest BCUT2D eigenvalue weighted by molar-refractivity contribution is 5.92. The number of aryl methyl sites for hydroxylation is 1. The summed E-state index contributed by atoms with van der Waals surface area (Å²) in [6, 6.07) is 6.85. The highest BCUT2D eigenvalue weighted by atomic mass is 35.5. The van der Waals surface area contributed by atoms with Gasteiger partial charge in [0.2, 0.25) is 0 Å². The number of carboxylic acid groups (broad SMARTS) is 1. The lowest BCUT2D eigenvalue weighted by Gasteiger charge is -2.36. The number of nitrogens with one attached hydrogen (secondary N) is 1. The summed E-state index contributed by atoms with van der Waals surface area (Å²) >= 11 is 0. The summed E-state index contributed by atoms with van der Waals surface area (Å²) in [5.74, 6) is -1.81. The Labute approximate surface area is 181 Å². The van der Waals surface area contributed by atoms with Gasteiger partial charge in [0.05, 0.1) is 5.69 Å². The van der Waals surface area contributed by atoms with Gasteiger partial charge in [-0.1, -0.05) is 6.07 Å². The molecule has 30 heavy (non-hydrogen) atoms. The largest absolute Gasteiger partial charge is 0.506 e. The summed E-state index contributed by atoms with van der Waals surface area (Å²) < 4.78 is 0. The van der Waals surface area contributed by atoms with Gasteiger partial charge in [-0.15, -0.1) is 12.4 Å². The van der Waals surface area contributed by atoms with Crippen molar-refractivity contribution >= 4 is 24.1 Å². The van der Waals surface area contributed by atoms with Crippen LogP contribution in [0.25, 0.3) is 11.3 Å². The molecular weight excluding hydrogens is 406 g/mol. The van der Waals surface area contributed by atoms with Crippen molar-refractivity contribution in [1.82, 2.24) is 9.88 Å². The fraction of sp³-hybridized carbons (Fsp3) is 0.455. The number of hydrogen-bond acceptors (Lipinski definition) is 5. The third-order valence-electron chi connectivity index (χ3n) is 6.29. The Morgan fingerprint density at radius 1 is 1.20 bits per heavy atom. The number of piperidine rings is 1. The monoisotopic (exact) mass is 433 g/mol. The van der Waals surface area contributed by atoms with E-state index in [0.29, 0.717) is 23.7 Å². The number of aromatic nitrogens is 1. The number of aromatic carboxylic acids is 1. The molecule has 162 valence electrons. The van der Waals surface area contributed by atoms with E-state index in [0.717, 1.165) is 49.9 Å². The molecule has 1 aliphatic heterocycles. The lowest BCUT2D eigenvalue weighted by molar-refractivity contribution is 0.0691. The molecule has 1 aliphatic carbocycles. The van der Waals surface area contributed by atoms with E-state index in [4.69, 9.17) is 0 Å². The molecule has 1 saturated heterocycles. The van der Waals surface area contributed by atoms with E-state index in [1.165, 1.54) is 5.69 Å². The smallest absolute Gasteiger partial charge is 0.345 e. The molecule has 2 aromatic rings. The molecule has 2 aliphatic rings. The highest BCUT2D eigenvalue weighted by Crippen LogP contribution is 2.37. The third-order valence-corrected chi connectivity index (χ3v) is 6.29. The zero-order valence-electron chi connectivity index (χ0n) is 17.3. The maximum absolute atomic E-state index is 12.3. The lowest BCUT2D eigenvalue weighted by Crippen LogP contribution is -2.42. The molecule has 0 amide bonds. The van der Waals surface area contributed by atoms with Crippen LogP contribution in [0.4, 0.5) is 5.69 Å². The van der Waals surface area contributed by atoms with E-state index < -0.39 is 22.8 Å². The van der Waals surface area contributed by atoms with E-state index in [2.05, 4.69) is 41.0 Å². The maximum atomic E-state index is 12.3. The average Bonchev–Trinajstić information content (AvgIpc) is 2.87. The Bertz CT molecular complexity index is 1010. The number of H-pyrrole nitrogens is 1. The van der Waals surface area contributed by atoms with Crippen molar-refractivity contribution in [2.75, 3.05) is 32.1 Å². The third kappa shape index (κ3) is 3.91. The van der Waals surface area contributed by atoms with Crippen LogP contribution in [0.3, 0.4) is 0 Å². The molecule has 1 fully saturated rings. The van der Waals surface area contributed by atoms with Crippen LogP contribution < -0.4 is 10.5 Å². The summed E-state index contributed by atoms with van der Waals surface area (Å²) in [5, 5.41) is 19.7. The molecule has 0 atom stereocenters. The Balaban J connectivity index is 0.00000256. The van der Waals surface area contributed by atoms with E-state index in [1.54, 1.807) is 0 Å². The quantitative estimate of drug-likeness (QED) is 0.688. The van der Waals surface area contributed by atoms with Crippen molar-refractivity contribution in [3.8, 4) is 17.0 Å². The summed E-state index contributed by atoms with van der Waals surface area (Å²) in [5.41, 5.74) is 2.88. The van der Waals surface area contributed by atoms with Gasteiger partial charge >= 0.3 is 5.97 Å². The minimum absolute atomic E-state index is 0. The molecular formula is C22H28ClN3O4. The molecule has 8 heteroatoms. The molecule has 1 aromatic heterocycles. The second-order valence-corrected chi connectivity index (χ2v) is 8.21. The number of aromatic amines is 1. The first-order chi connectivity index (χ1) is 13.9. The van der Waals surface area contributed by atoms with Crippen LogP contribution in [-0.4, -0.2) is 59.3 Å². The number of halogens is 1. The van der Waals surface area contributed by atoms with Crippen LogP contribution in [0.5, 0.6) is 5.75 Å². The van der Waals surface area contributed by atoms with Crippen molar-refractivity contribution in [3.63, 3.8) is 0 Å². The molecule has 4 rings (SSSR count). The van der Waals surface area contributed by atoms with Crippen LogP contribution in [-0.2, 0) is 12.8 Å². The van der Waals surface area contributed by atoms with E-state index in [-0.39, 0.29) is 12.4 Å². The lowest BCUT2D eigenvalue weighted by atomic mass is 9.98. The number of carboxylic acids is 1. The summed E-state index contributed by atoms with van der Waals surface area (Å²) in [6.45, 7) is 2.02. The second-order valence-electron chi connectivity index (χ2n) is 8.21. The van der Waals surface area contributed by atoms with Crippen molar-refractivity contribution < 1.29 is 15.0 Å². The molecule has 0 spiro atoms. The number of hydrogen-bond donors (Lipinski definition) is 3. The van der Waals surface area contributed by atoms with E-state index in [9.17, 15) is 19.8 Å². The Hall–Kier alpha value is -2.51. The molecule has 7 nitrogen and oxygen atoms in total. The maximum Gasteiger partial charge on any atom is 0.345 e.